The minimum Gasteiger partial charge on any atom is -0.508 e. The predicted molar refractivity (Wildman–Crippen MR) is 96.0 cm³/mol. The van der Waals surface area contributed by atoms with Crippen molar-refractivity contribution in [1.29, 1.82) is 0 Å². The lowest BCUT2D eigenvalue weighted by Crippen LogP contribution is -2.46. The van der Waals surface area contributed by atoms with Gasteiger partial charge in [-0.1, -0.05) is 12.1 Å². The molecule has 2 N–H and O–H groups in total. The average Bonchev–Trinajstić information content (AvgIpc) is 2.58. The summed E-state index contributed by atoms with van der Waals surface area (Å²) in [6.07, 6.45) is -0.490. The van der Waals surface area contributed by atoms with E-state index in [9.17, 15) is 15.0 Å². The van der Waals surface area contributed by atoms with Gasteiger partial charge in [0.25, 0.3) is 0 Å². The Balaban J connectivity index is 1.80. The van der Waals surface area contributed by atoms with E-state index in [1.165, 1.54) is 0 Å². The lowest BCUT2D eigenvalue weighted by Gasteiger charge is -2.40. The molecule has 0 spiro atoms. The van der Waals surface area contributed by atoms with Gasteiger partial charge in [-0.2, -0.15) is 0 Å². The highest BCUT2D eigenvalue weighted by Gasteiger charge is 2.41. The van der Waals surface area contributed by atoms with Crippen LogP contribution in [-0.2, 0) is 6.42 Å². The number of aryl methyl sites for hydroxylation is 1. The number of fused-ring (bicyclic) bond motifs is 3. The molecule has 1 unspecified atom stereocenters. The van der Waals surface area contributed by atoms with Crippen LogP contribution in [0.3, 0.4) is 0 Å². The SMILES string of the molecule is Cc1cc2c(c3c1OC(C)(C)C(O)C3)O[C@H](c1ccc(O)cc1)CC2=O. The van der Waals surface area contributed by atoms with Crippen LogP contribution < -0.4 is 9.47 Å². The maximum Gasteiger partial charge on any atom is 0.170 e. The number of phenols is 1. The van der Waals surface area contributed by atoms with Crippen molar-refractivity contribution in [3.8, 4) is 17.2 Å². The minimum absolute atomic E-state index is 0.00884. The summed E-state index contributed by atoms with van der Waals surface area (Å²) in [5.74, 6) is 1.38. The van der Waals surface area contributed by atoms with Gasteiger partial charge in [0.15, 0.2) is 5.78 Å². The van der Waals surface area contributed by atoms with Crippen LogP contribution in [0.4, 0.5) is 0 Å². The van der Waals surface area contributed by atoms with Crippen LogP contribution in [-0.4, -0.2) is 27.7 Å². The summed E-state index contributed by atoms with van der Waals surface area (Å²) in [5, 5.41) is 19.9. The molecule has 5 heteroatoms. The molecule has 0 aromatic heterocycles. The topological polar surface area (TPSA) is 76.0 Å². The zero-order chi connectivity index (χ0) is 18.6. The summed E-state index contributed by atoms with van der Waals surface area (Å²) >= 11 is 0. The lowest BCUT2D eigenvalue weighted by molar-refractivity contribution is -0.0426. The van der Waals surface area contributed by atoms with Crippen molar-refractivity contribution in [3.05, 3.63) is 52.6 Å². The Bertz CT molecular complexity index is 882. The largest absolute Gasteiger partial charge is 0.508 e. The lowest BCUT2D eigenvalue weighted by atomic mass is 9.85. The zero-order valence-corrected chi connectivity index (χ0v) is 15.1. The van der Waals surface area contributed by atoms with Crippen LogP contribution in [0.15, 0.2) is 30.3 Å². The number of carbonyl (C=O) groups excluding carboxylic acids is 1. The van der Waals surface area contributed by atoms with E-state index in [1.807, 2.05) is 26.8 Å². The van der Waals surface area contributed by atoms with Crippen LogP contribution in [0.1, 0.15) is 53.4 Å². The van der Waals surface area contributed by atoms with Crippen molar-refractivity contribution < 1.29 is 24.5 Å². The molecule has 0 saturated carbocycles. The number of benzene rings is 2. The number of ether oxygens (including phenoxy) is 2. The fourth-order valence-corrected chi connectivity index (χ4v) is 3.63. The number of rotatable bonds is 1. The Labute approximate surface area is 152 Å². The van der Waals surface area contributed by atoms with Crippen molar-refractivity contribution in [2.45, 2.75) is 51.4 Å². The van der Waals surface area contributed by atoms with Gasteiger partial charge in [-0.05, 0) is 50.1 Å². The summed E-state index contributed by atoms with van der Waals surface area (Å²) in [6.45, 7) is 5.61. The molecule has 0 aliphatic carbocycles. The number of aromatic hydroxyl groups is 1. The van der Waals surface area contributed by atoms with Gasteiger partial charge in [0.2, 0.25) is 0 Å². The van der Waals surface area contributed by atoms with Crippen molar-refractivity contribution in [3.63, 3.8) is 0 Å². The molecule has 0 bridgehead atoms. The minimum atomic E-state index is -0.693. The van der Waals surface area contributed by atoms with Gasteiger partial charge in [-0.15, -0.1) is 0 Å². The number of hydrogen-bond donors (Lipinski definition) is 2. The summed E-state index contributed by atoms with van der Waals surface area (Å²) in [5.41, 5.74) is 2.31. The molecule has 0 amide bonds. The first-order chi connectivity index (χ1) is 12.3. The first-order valence-corrected chi connectivity index (χ1v) is 8.78. The second kappa shape index (κ2) is 5.74. The van der Waals surface area contributed by atoms with Gasteiger partial charge in [-0.3, -0.25) is 4.79 Å². The summed E-state index contributed by atoms with van der Waals surface area (Å²) in [4.78, 5) is 12.8. The molecule has 2 aliphatic rings. The number of aliphatic hydroxyl groups excluding tert-OH is 1. The van der Waals surface area contributed by atoms with Crippen LogP contribution in [0.5, 0.6) is 17.2 Å². The molecule has 2 aliphatic heterocycles. The van der Waals surface area contributed by atoms with Crippen LogP contribution >= 0.6 is 0 Å². The van der Waals surface area contributed by atoms with Crippen molar-refractivity contribution in [2.75, 3.05) is 0 Å². The molecule has 0 radical (unpaired) electrons. The first kappa shape index (κ1) is 16.9. The van der Waals surface area contributed by atoms with Gasteiger partial charge in [0.05, 0.1) is 18.1 Å². The number of Topliss-reactive ketones (excluding diaryl/α,β-unsaturated/α-hetero) is 1. The van der Waals surface area contributed by atoms with E-state index in [4.69, 9.17) is 9.47 Å². The van der Waals surface area contributed by atoms with Gasteiger partial charge in [0, 0.05) is 12.0 Å². The molecule has 2 heterocycles. The number of hydrogen-bond acceptors (Lipinski definition) is 5. The van der Waals surface area contributed by atoms with Crippen LogP contribution in [0.2, 0.25) is 0 Å². The fourth-order valence-electron chi connectivity index (χ4n) is 3.63. The van der Waals surface area contributed by atoms with Crippen molar-refractivity contribution >= 4 is 5.78 Å². The maximum atomic E-state index is 12.8. The molecular weight excluding hydrogens is 332 g/mol. The van der Waals surface area contributed by atoms with Crippen LogP contribution in [0.25, 0.3) is 0 Å². The smallest absolute Gasteiger partial charge is 0.170 e. The third kappa shape index (κ3) is 2.63. The molecule has 2 aromatic rings. The first-order valence-electron chi connectivity index (χ1n) is 8.78. The summed E-state index contributed by atoms with van der Waals surface area (Å²) < 4.78 is 12.3. The molecule has 0 saturated heterocycles. The monoisotopic (exact) mass is 354 g/mol. The highest BCUT2D eigenvalue weighted by atomic mass is 16.5. The quantitative estimate of drug-likeness (QED) is 0.820. The molecular formula is C21H22O5. The van der Waals surface area contributed by atoms with Gasteiger partial charge in [-0.25, -0.2) is 0 Å². The number of ketones is 1. The van der Waals surface area contributed by atoms with E-state index in [2.05, 4.69) is 0 Å². The van der Waals surface area contributed by atoms with E-state index in [1.54, 1.807) is 24.3 Å². The fraction of sp³-hybridized carbons (Fsp3) is 0.381. The van der Waals surface area contributed by atoms with E-state index >= 15 is 0 Å². The van der Waals surface area contributed by atoms with E-state index in [0.717, 1.165) is 16.7 Å². The summed E-state index contributed by atoms with van der Waals surface area (Å²) in [7, 11) is 0. The maximum absolute atomic E-state index is 12.8. The molecule has 2 aromatic carbocycles. The number of aliphatic hydroxyl groups is 1. The van der Waals surface area contributed by atoms with Gasteiger partial charge < -0.3 is 19.7 Å². The van der Waals surface area contributed by atoms with Crippen molar-refractivity contribution in [1.82, 2.24) is 0 Å². The Kier molecular flexibility index (Phi) is 3.74. The van der Waals surface area contributed by atoms with E-state index in [-0.39, 0.29) is 18.0 Å². The predicted octanol–water partition coefficient (Wildman–Crippen LogP) is 3.48. The summed E-state index contributed by atoms with van der Waals surface area (Å²) in [6, 6.07) is 8.50. The molecule has 2 atom stereocenters. The highest BCUT2D eigenvalue weighted by molar-refractivity contribution is 6.01. The molecule has 4 rings (SSSR count). The van der Waals surface area contributed by atoms with Gasteiger partial charge >= 0.3 is 0 Å². The number of phenolic OH excluding ortho intramolecular Hbond substituents is 1. The molecule has 26 heavy (non-hydrogen) atoms. The molecule has 136 valence electrons. The average molecular weight is 354 g/mol. The Morgan fingerprint density at radius 3 is 2.50 bits per heavy atom. The Morgan fingerprint density at radius 1 is 1.12 bits per heavy atom. The normalized spacial score (nSPS) is 23.5. The number of carbonyl (C=O) groups is 1. The zero-order valence-electron chi connectivity index (χ0n) is 15.1. The second-order valence-electron chi connectivity index (χ2n) is 7.63. The Morgan fingerprint density at radius 2 is 1.81 bits per heavy atom. The second-order valence-corrected chi connectivity index (χ2v) is 7.63. The van der Waals surface area contributed by atoms with E-state index in [0.29, 0.717) is 23.5 Å². The molecule has 5 nitrogen and oxygen atoms in total. The van der Waals surface area contributed by atoms with E-state index < -0.39 is 17.8 Å². The van der Waals surface area contributed by atoms with Crippen LogP contribution in [0, 0.1) is 6.92 Å². The third-order valence-electron chi connectivity index (χ3n) is 5.27. The van der Waals surface area contributed by atoms with Gasteiger partial charge in [0.1, 0.15) is 29.0 Å². The highest BCUT2D eigenvalue weighted by Crippen LogP contribution is 2.47. The third-order valence-corrected chi connectivity index (χ3v) is 5.27. The standard InChI is InChI=1S/C21H22O5/c1-11-8-14-16(23)10-17(12-4-6-13(22)7-5-12)25-20(14)15-9-18(24)21(2,3)26-19(11)15/h4-8,17-18,22,24H,9-10H2,1-3H3/t17-,18?/m0/s1. The molecule has 0 fully saturated rings. The Hall–Kier alpha value is -2.53. The van der Waals surface area contributed by atoms with Crippen molar-refractivity contribution in [2.24, 2.45) is 0 Å².